The van der Waals surface area contributed by atoms with Crippen molar-refractivity contribution in [3.63, 3.8) is 0 Å². The summed E-state index contributed by atoms with van der Waals surface area (Å²) in [7, 11) is 0. The van der Waals surface area contributed by atoms with Gasteiger partial charge in [-0.3, -0.25) is 0 Å². The highest BCUT2D eigenvalue weighted by Gasteiger charge is 2.34. The fourth-order valence-corrected chi connectivity index (χ4v) is 1.68. The molecule has 0 aliphatic carbocycles. The molecule has 0 radical (unpaired) electrons. The third-order valence-corrected chi connectivity index (χ3v) is 2.38. The highest BCUT2D eigenvalue weighted by molar-refractivity contribution is 6.29. The number of ether oxygens (including phenoxy) is 1. The first kappa shape index (κ1) is 13.6. The van der Waals surface area contributed by atoms with Crippen LogP contribution >= 0.6 is 11.6 Å². The van der Waals surface area contributed by atoms with Gasteiger partial charge in [-0.25, -0.2) is 4.98 Å². The summed E-state index contributed by atoms with van der Waals surface area (Å²) >= 11 is 5.69. The smallest absolute Gasteiger partial charge is 0.419 e. The van der Waals surface area contributed by atoms with E-state index in [1.54, 1.807) is 6.92 Å². The van der Waals surface area contributed by atoms with Crippen LogP contribution < -0.4 is 4.74 Å². The number of rotatable bonds is 2. The Morgan fingerprint density at radius 1 is 1.16 bits per heavy atom. The number of nitrogens with zero attached hydrogens (tertiary/aromatic N) is 2. The molecule has 0 bridgehead atoms. The van der Waals surface area contributed by atoms with Gasteiger partial charge in [0.25, 0.3) is 0 Å². The molecule has 0 spiro atoms. The van der Waals surface area contributed by atoms with E-state index in [4.69, 9.17) is 16.3 Å². The SMILES string of the molecule is Cc1nc(Cl)cc(Oc2ccccc2C(F)(F)F)n1. The zero-order valence-corrected chi connectivity index (χ0v) is 10.5. The van der Waals surface area contributed by atoms with Gasteiger partial charge in [0.05, 0.1) is 5.56 Å². The number of aromatic nitrogens is 2. The first-order valence-electron chi connectivity index (χ1n) is 5.21. The van der Waals surface area contributed by atoms with Crippen molar-refractivity contribution in [1.82, 2.24) is 9.97 Å². The second kappa shape index (κ2) is 5.05. The van der Waals surface area contributed by atoms with Crippen LogP contribution in [0.5, 0.6) is 11.6 Å². The molecule has 0 saturated heterocycles. The minimum Gasteiger partial charge on any atom is -0.438 e. The number of aryl methyl sites for hydroxylation is 1. The van der Waals surface area contributed by atoms with Crippen LogP contribution in [0.4, 0.5) is 13.2 Å². The van der Waals surface area contributed by atoms with Gasteiger partial charge in [-0.1, -0.05) is 23.7 Å². The molecule has 3 nitrogen and oxygen atoms in total. The molecule has 2 aromatic rings. The van der Waals surface area contributed by atoms with E-state index in [-0.39, 0.29) is 16.8 Å². The highest BCUT2D eigenvalue weighted by atomic mass is 35.5. The third-order valence-electron chi connectivity index (χ3n) is 2.19. The molecule has 1 heterocycles. The van der Waals surface area contributed by atoms with Gasteiger partial charge in [-0.15, -0.1) is 0 Å². The fraction of sp³-hybridized carbons (Fsp3) is 0.167. The van der Waals surface area contributed by atoms with Crippen LogP contribution in [0.1, 0.15) is 11.4 Å². The van der Waals surface area contributed by atoms with Crippen LogP contribution in [0.2, 0.25) is 5.15 Å². The Morgan fingerprint density at radius 3 is 2.47 bits per heavy atom. The number of benzene rings is 1. The molecule has 19 heavy (non-hydrogen) atoms. The Hall–Kier alpha value is -1.82. The molecule has 0 N–H and O–H groups in total. The molecule has 1 aromatic carbocycles. The minimum atomic E-state index is -4.50. The van der Waals surface area contributed by atoms with E-state index in [9.17, 15) is 13.2 Å². The summed E-state index contributed by atoms with van der Waals surface area (Å²) in [5.41, 5.74) is -0.873. The van der Waals surface area contributed by atoms with E-state index in [1.165, 1.54) is 24.3 Å². The maximum Gasteiger partial charge on any atom is 0.419 e. The van der Waals surface area contributed by atoms with Gasteiger partial charge in [0.15, 0.2) is 0 Å². The van der Waals surface area contributed by atoms with Crippen molar-refractivity contribution in [2.24, 2.45) is 0 Å². The van der Waals surface area contributed by atoms with E-state index >= 15 is 0 Å². The second-order valence-corrected chi connectivity index (χ2v) is 4.06. The standard InChI is InChI=1S/C12H8ClF3N2O/c1-7-17-10(13)6-11(18-7)19-9-5-3-2-4-8(9)12(14,15)16/h2-6H,1H3. The molecular formula is C12H8ClF3N2O. The molecule has 1 aromatic heterocycles. The van der Waals surface area contributed by atoms with Crippen LogP contribution in [0.25, 0.3) is 0 Å². The Bertz CT molecular complexity index is 582. The molecule has 0 aliphatic rings. The van der Waals surface area contributed by atoms with E-state index in [2.05, 4.69) is 9.97 Å². The molecule has 0 amide bonds. The number of alkyl halides is 3. The Balaban J connectivity index is 2.38. The van der Waals surface area contributed by atoms with Gasteiger partial charge in [0.1, 0.15) is 16.7 Å². The van der Waals surface area contributed by atoms with Crippen LogP contribution in [0.3, 0.4) is 0 Å². The molecule has 2 rings (SSSR count). The Kier molecular flexibility index (Phi) is 3.61. The van der Waals surface area contributed by atoms with Gasteiger partial charge >= 0.3 is 6.18 Å². The average molecular weight is 289 g/mol. The summed E-state index contributed by atoms with van der Waals surface area (Å²) in [6, 6.07) is 6.13. The van der Waals surface area contributed by atoms with Gasteiger partial charge < -0.3 is 4.74 Å². The molecular weight excluding hydrogens is 281 g/mol. The molecule has 100 valence electrons. The summed E-state index contributed by atoms with van der Waals surface area (Å²) in [4.78, 5) is 7.67. The van der Waals surface area contributed by atoms with Gasteiger partial charge in [0, 0.05) is 6.07 Å². The zero-order valence-electron chi connectivity index (χ0n) is 9.70. The van der Waals surface area contributed by atoms with E-state index < -0.39 is 11.7 Å². The fourth-order valence-electron chi connectivity index (χ4n) is 1.46. The Morgan fingerprint density at radius 2 is 1.84 bits per heavy atom. The maximum atomic E-state index is 12.8. The van der Waals surface area contributed by atoms with E-state index in [1.807, 2.05) is 0 Å². The number of para-hydroxylation sites is 1. The molecule has 0 unspecified atom stereocenters. The van der Waals surface area contributed by atoms with Crippen LogP contribution in [0.15, 0.2) is 30.3 Å². The van der Waals surface area contributed by atoms with Crippen LogP contribution in [0, 0.1) is 6.92 Å². The van der Waals surface area contributed by atoms with E-state index in [0.717, 1.165) is 6.07 Å². The van der Waals surface area contributed by atoms with Crippen molar-refractivity contribution in [2.75, 3.05) is 0 Å². The number of hydrogen-bond donors (Lipinski definition) is 0. The van der Waals surface area contributed by atoms with Crippen molar-refractivity contribution < 1.29 is 17.9 Å². The molecule has 0 fully saturated rings. The van der Waals surface area contributed by atoms with Gasteiger partial charge in [0.2, 0.25) is 5.88 Å². The quantitative estimate of drug-likeness (QED) is 0.775. The summed E-state index contributed by atoms with van der Waals surface area (Å²) in [5, 5.41) is 0.104. The lowest BCUT2D eigenvalue weighted by atomic mass is 10.2. The summed E-state index contributed by atoms with van der Waals surface area (Å²) in [6.07, 6.45) is -4.50. The van der Waals surface area contributed by atoms with Crippen molar-refractivity contribution in [3.05, 3.63) is 46.9 Å². The van der Waals surface area contributed by atoms with Crippen molar-refractivity contribution >= 4 is 11.6 Å². The summed E-state index contributed by atoms with van der Waals surface area (Å²) in [6.45, 7) is 1.56. The first-order valence-corrected chi connectivity index (χ1v) is 5.59. The lowest BCUT2D eigenvalue weighted by Crippen LogP contribution is -2.07. The zero-order chi connectivity index (χ0) is 14.0. The van der Waals surface area contributed by atoms with E-state index in [0.29, 0.717) is 5.82 Å². The number of hydrogen-bond acceptors (Lipinski definition) is 3. The first-order chi connectivity index (χ1) is 8.86. The predicted octanol–water partition coefficient (Wildman–Crippen LogP) is 4.25. The summed E-state index contributed by atoms with van der Waals surface area (Å²) in [5.74, 6) is -0.0506. The second-order valence-electron chi connectivity index (χ2n) is 3.67. The lowest BCUT2D eigenvalue weighted by molar-refractivity contribution is -0.138. The van der Waals surface area contributed by atoms with Gasteiger partial charge in [-0.2, -0.15) is 18.2 Å². The lowest BCUT2D eigenvalue weighted by Gasteiger charge is -2.12. The number of halogens is 4. The molecule has 0 aliphatic heterocycles. The van der Waals surface area contributed by atoms with Crippen molar-refractivity contribution in [2.45, 2.75) is 13.1 Å². The minimum absolute atomic E-state index is 0.0331. The topological polar surface area (TPSA) is 35.0 Å². The van der Waals surface area contributed by atoms with Crippen molar-refractivity contribution in [1.29, 1.82) is 0 Å². The van der Waals surface area contributed by atoms with Crippen LogP contribution in [-0.4, -0.2) is 9.97 Å². The average Bonchev–Trinajstić information content (AvgIpc) is 2.26. The Labute approximate surface area is 112 Å². The van der Waals surface area contributed by atoms with Crippen molar-refractivity contribution in [3.8, 4) is 11.6 Å². The summed E-state index contributed by atoms with van der Waals surface area (Å²) < 4.78 is 43.5. The third kappa shape index (κ3) is 3.35. The highest BCUT2D eigenvalue weighted by Crippen LogP contribution is 2.37. The monoisotopic (exact) mass is 288 g/mol. The molecule has 0 saturated carbocycles. The molecule has 7 heteroatoms. The predicted molar refractivity (Wildman–Crippen MR) is 63.3 cm³/mol. The molecule has 0 atom stereocenters. The van der Waals surface area contributed by atoms with Gasteiger partial charge in [-0.05, 0) is 19.1 Å². The normalized spacial score (nSPS) is 11.4. The maximum absolute atomic E-state index is 12.8. The van der Waals surface area contributed by atoms with Crippen LogP contribution in [-0.2, 0) is 6.18 Å². The largest absolute Gasteiger partial charge is 0.438 e.